The summed E-state index contributed by atoms with van der Waals surface area (Å²) in [7, 11) is 0. The SMILES string of the molecule is CCC(=O)N1CCC[C@H](c2cc(Cc3ccccc3C)cc(C)n2)C1. The van der Waals surface area contributed by atoms with E-state index in [4.69, 9.17) is 4.98 Å². The smallest absolute Gasteiger partial charge is 0.222 e. The Morgan fingerprint density at radius 3 is 2.80 bits per heavy atom. The summed E-state index contributed by atoms with van der Waals surface area (Å²) in [6.45, 7) is 7.89. The zero-order valence-corrected chi connectivity index (χ0v) is 15.6. The van der Waals surface area contributed by atoms with Crippen molar-refractivity contribution in [3.05, 3.63) is 64.5 Å². The van der Waals surface area contributed by atoms with Gasteiger partial charge in [-0.1, -0.05) is 31.2 Å². The zero-order valence-electron chi connectivity index (χ0n) is 15.6. The minimum atomic E-state index is 0.262. The van der Waals surface area contributed by atoms with E-state index in [0.29, 0.717) is 12.3 Å². The fourth-order valence-electron chi connectivity index (χ4n) is 3.78. The number of carbonyl (C=O) groups excluding carboxylic acids is 1. The Morgan fingerprint density at radius 1 is 1.24 bits per heavy atom. The molecule has 0 radical (unpaired) electrons. The maximum absolute atomic E-state index is 12.1. The number of aromatic nitrogens is 1. The molecule has 1 atom stereocenters. The molecule has 3 rings (SSSR count). The summed E-state index contributed by atoms with van der Waals surface area (Å²) in [4.78, 5) is 18.9. The summed E-state index contributed by atoms with van der Waals surface area (Å²) < 4.78 is 0. The molecule has 0 saturated carbocycles. The van der Waals surface area contributed by atoms with Crippen LogP contribution >= 0.6 is 0 Å². The van der Waals surface area contributed by atoms with E-state index in [1.807, 2.05) is 11.8 Å². The van der Waals surface area contributed by atoms with E-state index in [1.165, 1.54) is 16.7 Å². The predicted octanol–water partition coefficient (Wildman–Crippen LogP) is 4.41. The molecule has 1 aliphatic heterocycles. The number of piperidine rings is 1. The highest BCUT2D eigenvalue weighted by atomic mass is 16.2. The van der Waals surface area contributed by atoms with Crippen molar-refractivity contribution in [3.63, 3.8) is 0 Å². The van der Waals surface area contributed by atoms with Crippen LogP contribution in [0, 0.1) is 13.8 Å². The molecule has 132 valence electrons. The molecular weight excluding hydrogens is 308 g/mol. The molecule has 1 fully saturated rings. The van der Waals surface area contributed by atoms with Gasteiger partial charge in [0.15, 0.2) is 0 Å². The Hall–Kier alpha value is -2.16. The molecule has 2 heterocycles. The highest BCUT2D eigenvalue weighted by Crippen LogP contribution is 2.27. The number of carbonyl (C=O) groups is 1. The molecule has 1 aromatic heterocycles. The number of rotatable bonds is 4. The lowest BCUT2D eigenvalue weighted by molar-refractivity contribution is -0.132. The molecule has 0 bridgehead atoms. The van der Waals surface area contributed by atoms with Crippen LogP contribution in [0.4, 0.5) is 0 Å². The van der Waals surface area contributed by atoms with Gasteiger partial charge >= 0.3 is 0 Å². The molecule has 3 heteroatoms. The number of hydrogen-bond donors (Lipinski definition) is 0. The summed E-state index contributed by atoms with van der Waals surface area (Å²) in [6, 6.07) is 13.0. The normalized spacial score (nSPS) is 17.6. The van der Waals surface area contributed by atoms with Gasteiger partial charge in [0.2, 0.25) is 5.91 Å². The predicted molar refractivity (Wildman–Crippen MR) is 102 cm³/mol. The van der Waals surface area contributed by atoms with Gasteiger partial charge in [-0.25, -0.2) is 0 Å². The maximum Gasteiger partial charge on any atom is 0.222 e. The number of likely N-dealkylation sites (tertiary alicyclic amines) is 1. The summed E-state index contributed by atoms with van der Waals surface area (Å²) in [5, 5.41) is 0. The quantitative estimate of drug-likeness (QED) is 0.829. The third kappa shape index (κ3) is 4.28. The first-order valence-corrected chi connectivity index (χ1v) is 9.36. The third-order valence-electron chi connectivity index (χ3n) is 5.18. The van der Waals surface area contributed by atoms with Gasteiger partial charge in [-0.2, -0.15) is 0 Å². The average molecular weight is 336 g/mol. The van der Waals surface area contributed by atoms with Crippen LogP contribution in [0.25, 0.3) is 0 Å². The van der Waals surface area contributed by atoms with Crippen molar-refractivity contribution in [2.45, 2.75) is 52.4 Å². The van der Waals surface area contributed by atoms with Gasteiger partial charge in [-0.15, -0.1) is 0 Å². The van der Waals surface area contributed by atoms with E-state index in [9.17, 15) is 4.79 Å². The summed E-state index contributed by atoms with van der Waals surface area (Å²) in [6.07, 6.45) is 3.72. The fraction of sp³-hybridized carbons (Fsp3) is 0.455. The van der Waals surface area contributed by atoms with E-state index in [1.54, 1.807) is 0 Å². The number of nitrogens with zero attached hydrogens (tertiary/aromatic N) is 2. The molecule has 25 heavy (non-hydrogen) atoms. The average Bonchev–Trinajstić information content (AvgIpc) is 2.62. The second-order valence-corrected chi connectivity index (χ2v) is 7.18. The van der Waals surface area contributed by atoms with Gasteiger partial charge in [0.1, 0.15) is 0 Å². The number of amides is 1. The van der Waals surface area contributed by atoms with Crippen molar-refractivity contribution in [3.8, 4) is 0 Å². The minimum absolute atomic E-state index is 0.262. The van der Waals surface area contributed by atoms with Gasteiger partial charge in [-0.3, -0.25) is 9.78 Å². The molecule has 1 aliphatic rings. The van der Waals surface area contributed by atoms with Crippen LogP contribution in [0.1, 0.15) is 60.2 Å². The standard InChI is InChI=1S/C22H28N2O/c1-4-22(25)24-11-7-10-20(15-24)21-14-18(12-17(3)23-21)13-19-9-6-5-8-16(19)2/h5-6,8-9,12,14,20H,4,7,10-11,13,15H2,1-3H3/t20-/m0/s1. The monoisotopic (exact) mass is 336 g/mol. The first kappa shape index (κ1) is 17.7. The van der Waals surface area contributed by atoms with E-state index < -0.39 is 0 Å². The summed E-state index contributed by atoms with van der Waals surface area (Å²) in [5.74, 6) is 0.622. The van der Waals surface area contributed by atoms with E-state index in [0.717, 1.165) is 43.7 Å². The van der Waals surface area contributed by atoms with Crippen molar-refractivity contribution >= 4 is 5.91 Å². The van der Waals surface area contributed by atoms with Gasteiger partial charge in [-0.05, 0) is 61.9 Å². The molecular formula is C22H28N2O. The lowest BCUT2D eigenvalue weighted by Crippen LogP contribution is -2.38. The van der Waals surface area contributed by atoms with Crippen LogP contribution in [0.5, 0.6) is 0 Å². The zero-order chi connectivity index (χ0) is 17.8. The lowest BCUT2D eigenvalue weighted by Gasteiger charge is -2.32. The molecule has 0 spiro atoms. The number of aryl methyl sites for hydroxylation is 2. The molecule has 0 aliphatic carbocycles. The largest absolute Gasteiger partial charge is 0.342 e. The topological polar surface area (TPSA) is 33.2 Å². The number of benzene rings is 1. The Labute approximate surface area is 151 Å². The van der Waals surface area contributed by atoms with Crippen molar-refractivity contribution in [2.24, 2.45) is 0 Å². The van der Waals surface area contributed by atoms with Crippen LogP contribution in [0.15, 0.2) is 36.4 Å². The number of hydrogen-bond acceptors (Lipinski definition) is 2. The highest BCUT2D eigenvalue weighted by Gasteiger charge is 2.25. The molecule has 1 saturated heterocycles. The second-order valence-electron chi connectivity index (χ2n) is 7.18. The molecule has 0 unspecified atom stereocenters. The minimum Gasteiger partial charge on any atom is -0.342 e. The molecule has 0 N–H and O–H groups in total. The first-order chi connectivity index (χ1) is 12.1. The van der Waals surface area contributed by atoms with Gasteiger partial charge in [0.05, 0.1) is 0 Å². The molecule has 3 nitrogen and oxygen atoms in total. The second kappa shape index (κ2) is 7.81. The van der Waals surface area contributed by atoms with Crippen LogP contribution in [0.3, 0.4) is 0 Å². The van der Waals surface area contributed by atoms with Crippen molar-refractivity contribution < 1.29 is 4.79 Å². The van der Waals surface area contributed by atoms with Crippen molar-refractivity contribution in [2.75, 3.05) is 13.1 Å². The first-order valence-electron chi connectivity index (χ1n) is 9.36. The van der Waals surface area contributed by atoms with Crippen LogP contribution in [-0.2, 0) is 11.2 Å². The lowest BCUT2D eigenvalue weighted by atomic mass is 9.91. The van der Waals surface area contributed by atoms with E-state index in [-0.39, 0.29) is 5.91 Å². The van der Waals surface area contributed by atoms with Crippen LogP contribution < -0.4 is 0 Å². The summed E-state index contributed by atoms with van der Waals surface area (Å²) >= 11 is 0. The molecule has 1 aromatic carbocycles. The molecule has 2 aromatic rings. The van der Waals surface area contributed by atoms with Crippen molar-refractivity contribution in [1.82, 2.24) is 9.88 Å². The van der Waals surface area contributed by atoms with E-state index >= 15 is 0 Å². The Balaban J connectivity index is 1.82. The third-order valence-corrected chi connectivity index (χ3v) is 5.18. The summed E-state index contributed by atoms with van der Waals surface area (Å²) in [5.41, 5.74) is 6.23. The Bertz CT molecular complexity index is 753. The van der Waals surface area contributed by atoms with Gasteiger partial charge in [0, 0.05) is 36.8 Å². The molecule has 1 amide bonds. The van der Waals surface area contributed by atoms with Gasteiger partial charge < -0.3 is 4.90 Å². The van der Waals surface area contributed by atoms with E-state index in [2.05, 4.69) is 50.2 Å². The maximum atomic E-state index is 12.1. The van der Waals surface area contributed by atoms with Crippen LogP contribution in [-0.4, -0.2) is 28.9 Å². The van der Waals surface area contributed by atoms with Crippen LogP contribution in [0.2, 0.25) is 0 Å². The highest BCUT2D eigenvalue weighted by molar-refractivity contribution is 5.76. The number of pyridine rings is 1. The Morgan fingerprint density at radius 2 is 2.04 bits per heavy atom. The Kier molecular flexibility index (Phi) is 5.52. The van der Waals surface area contributed by atoms with Crippen molar-refractivity contribution in [1.29, 1.82) is 0 Å². The fourth-order valence-corrected chi connectivity index (χ4v) is 3.78. The van der Waals surface area contributed by atoms with Gasteiger partial charge in [0.25, 0.3) is 0 Å².